The molecule has 0 aromatic carbocycles. The summed E-state index contributed by atoms with van der Waals surface area (Å²) in [4.78, 5) is 17.4. The van der Waals surface area contributed by atoms with Crippen LogP contribution in [0, 0.1) is 0 Å². The van der Waals surface area contributed by atoms with Crippen molar-refractivity contribution in [2.45, 2.75) is 19.4 Å². The first kappa shape index (κ1) is 13.9. The Morgan fingerprint density at radius 1 is 1.14 bits per heavy atom. The summed E-state index contributed by atoms with van der Waals surface area (Å²) >= 11 is 0. The quantitative estimate of drug-likeness (QED) is 0.830. The van der Waals surface area contributed by atoms with E-state index in [1.54, 1.807) is 25.0 Å². The van der Waals surface area contributed by atoms with Crippen molar-refractivity contribution in [3.05, 3.63) is 31.1 Å². The minimum Gasteiger partial charge on any atom is -0.339 e. The van der Waals surface area contributed by atoms with Crippen LogP contribution in [0.3, 0.4) is 0 Å². The lowest BCUT2D eigenvalue weighted by Crippen LogP contribution is -2.34. The molecule has 112 valence electrons. The van der Waals surface area contributed by atoms with Gasteiger partial charge >= 0.3 is 0 Å². The zero-order valence-electron chi connectivity index (χ0n) is 12.3. The van der Waals surface area contributed by atoms with Crippen LogP contribution in [0.4, 0.5) is 5.95 Å². The van der Waals surface area contributed by atoms with Gasteiger partial charge < -0.3 is 4.90 Å². The van der Waals surface area contributed by atoms with Crippen LogP contribution in [0.1, 0.15) is 19.4 Å². The second kappa shape index (κ2) is 6.62. The highest BCUT2D eigenvalue weighted by Crippen LogP contribution is 2.12. The number of hydrogen-bond acceptors (Lipinski definition) is 6. The van der Waals surface area contributed by atoms with E-state index in [9.17, 15) is 0 Å². The molecule has 21 heavy (non-hydrogen) atoms. The maximum atomic E-state index is 4.34. The summed E-state index contributed by atoms with van der Waals surface area (Å²) in [6, 6.07) is 2.19. The molecule has 0 saturated carbocycles. The summed E-state index contributed by atoms with van der Waals surface area (Å²) in [5.41, 5.74) is 0. The molecule has 0 amide bonds. The van der Waals surface area contributed by atoms with E-state index in [1.807, 2.05) is 10.7 Å². The minimum absolute atomic E-state index is 0.340. The second-order valence-corrected chi connectivity index (χ2v) is 5.41. The predicted octanol–water partition coefficient (Wildman–Crippen LogP) is 0.841. The molecule has 0 spiro atoms. The number of hydrogen-bond donors (Lipinski definition) is 0. The SMILES string of the molecule is C[C@@H](CN1CCCN(c2ncccn2)CC1)n1cncn1. The smallest absolute Gasteiger partial charge is 0.225 e. The lowest BCUT2D eigenvalue weighted by Gasteiger charge is -2.24. The standard InChI is InChI=1S/C14H21N7/c1-13(21-12-15-11-18-21)10-19-6-3-7-20(9-8-19)14-16-4-2-5-17-14/h2,4-5,11-13H,3,6-10H2,1H3/t13-/m0/s1. The lowest BCUT2D eigenvalue weighted by atomic mass is 10.3. The molecule has 1 saturated heterocycles. The number of nitrogens with zero attached hydrogens (tertiary/aromatic N) is 7. The van der Waals surface area contributed by atoms with Crippen LogP contribution in [-0.2, 0) is 0 Å². The molecule has 2 aromatic heterocycles. The number of aromatic nitrogens is 5. The van der Waals surface area contributed by atoms with Crippen LogP contribution in [0.25, 0.3) is 0 Å². The van der Waals surface area contributed by atoms with Gasteiger partial charge in [-0.2, -0.15) is 5.10 Å². The van der Waals surface area contributed by atoms with E-state index >= 15 is 0 Å². The van der Waals surface area contributed by atoms with Gasteiger partial charge in [-0.05, 0) is 26.0 Å². The third-order valence-electron chi connectivity index (χ3n) is 3.83. The van der Waals surface area contributed by atoms with Gasteiger partial charge in [-0.15, -0.1) is 0 Å². The lowest BCUT2D eigenvalue weighted by molar-refractivity contribution is 0.245. The van der Waals surface area contributed by atoms with Gasteiger partial charge in [-0.25, -0.2) is 19.6 Å². The third kappa shape index (κ3) is 3.55. The second-order valence-electron chi connectivity index (χ2n) is 5.41. The first-order valence-corrected chi connectivity index (χ1v) is 7.41. The molecule has 3 rings (SSSR count). The average Bonchev–Trinajstić information content (AvgIpc) is 2.96. The molecule has 0 unspecified atom stereocenters. The molecule has 7 nitrogen and oxygen atoms in total. The van der Waals surface area contributed by atoms with Gasteiger partial charge in [0.2, 0.25) is 5.95 Å². The molecule has 1 aliphatic rings. The summed E-state index contributed by atoms with van der Waals surface area (Å²) in [6.45, 7) is 7.27. The molecule has 0 radical (unpaired) electrons. The topological polar surface area (TPSA) is 63.0 Å². The number of anilines is 1. The van der Waals surface area contributed by atoms with Gasteiger partial charge in [0.15, 0.2) is 0 Å². The van der Waals surface area contributed by atoms with Crippen molar-refractivity contribution in [3.63, 3.8) is 0 Å². The molecule has 1 fully saturated rings. The van der Waals surface area contributed by atoms with E-state index in [-0.39, 0.29) is 0 Å². The molecule has 0 bridgehead atoms. The molecule has 0 aliphatic carbocycles. The Hall–Kier alpha value is -2.02. The summed E-state index contributed by atoms with van der Waals surface area (Å²) in [6.07, 6.45) is 8.11. The van der Waals surface area contributed by atoms with Crippen molar-refractivity contribution in [2.24, 2.45) is 0 Å². The molecule has 7 heteroatoms. The molecular weight excluding hydrogens is 266 g/mol. The van der Waals surface area contributed by atoms with Crippen molar-refractivity contribution in [1.82, 2.24) is 29.6 Å². The highest BCUT2D eigenvalue weighted by atomic mass is 15.3. The van der Waals surface area contributed by atoms with Gasteiger partial charge in [-0.3, -0.25) is 4.90 Å². The highest BCUT2D eigenvalue weighted by Gasteiger charge is 2.18. The van der Waals surface area contributed by atoms with Gasteiger partial charge in [0.05, 0.1) is 6.04 Å². The highest BCUT2D eigenvalue weighted by molar-refractivity contribution is 5.28. The normalized spacial score (nSPS) is 18.4. The zero-order chi connectivity index (χ0) is 14.5. The first-order chi connectivity index (χ1) is 10.3. The fourth-order valence-electron chi connectivity index (χ4n) is 2.71. The molecule has 3 heterocycles. The molecule has 1 atom stereocenters. The fourth-order valence-corrected chi connectivity index (χ4v) is 2.71. The van der Waals surface area contributed by atoms with Gasteiger partial charge in [0, 0.05) is 38.6 Å². The first-order valence-electron chi connectivity index (χ1n) is 7.41. The van der Waals surface area contributed by atoms with Crippen LogP contribution in [0.15, 0.2) is 31.1 Å². The maximum Gasteiger partial charge on any atom is 0.225 e. The summed E-state index contributed by atoms with van der Waals surface area (Å²) < 4.78 is 1.92. The van der Waals surface area contributed by atoms with Crippen LogP contribution < -0.4 is 4.90 Å². The Kier molecular flexibility index (Phi) is 4.40. The largest absolute Gasteiger partial charge is 0.339 e. The van der Waals surface area contributed by atoms with E-state index in [4.69, 9.17) is 0 Å². The van der Waals surface area contributed by atoms with E-state index < -0.39 is 0 Å². The Morgan fingerprint density at radius 2 is 2.00 bits per heavy atom. The number of rotatable bonds is 4. The van der Waals surface area contributed by atoms with Crippen LogP contribution in [-0.4, -0.2) is 62.4 Å². The fraction of sp³-hybridized carbons (Fsp3) is 0.571. The van der Waals surface area contributed by atoms with Crippen LogP contribution >= 0.6 is 0 Å². The van der Waals surface area contributed by atoms with E-state index in [2.05, 4.69) is 36.8 Å². The average molecular weight is 287 g/mol. The summed E-state index contributed by atoms with van der Waals surface area (Å²) in [5.74, 6) is 0.837. The monoisotopic (exact) mass is 287 g/mol. The van der Waals surface area contributed by atoms with E-state index in [1.165, 1.54) is 0 Å². The molecule has 1 aliphatic heterocycles. The Labute approximate surface area is 124 Å². The molecular formula is C14H21N7. The van der Waals surface area contributed by atoms with Crippen molar-refractivity contribution < 1.29 is 0 Å². The predicted molar refractivity (Wildman–Crippen MR) is 80.0 cm³/mol. The zero-order valence-corrected chi connectivity index (χ0v) is 12.3. The molecule has 2 aromatic rings. The summed E-state index contributed by atoms with van der Waals surface area (Å²) in [5, 5.41) is 4.22. The van der Waals surface area contributed by atoms with Gasteiger partial charge in [0.25, 0.3) is 0 Å². The van der Waals surface area contributed by atoms with E-state index in [0.29, 0.717) is 6.04 Å². The van der Waals surface area contributed by atoms with Crippen molar-refractivity contribution in [3.8, 4) is 0 Å². The van der Waals surface area contributed by atoms with Crippen molar-refractivity contribution in [2.75, 3.05) is 37.6 Å². The minimum atomic E-state index is 0.340. The van der Waals surface area contributed by atoms with Crippen molar-refractivity contribution >= 4 is 5.95 Å². The molecule has 0 N–H and O–H groups in total. The maximum absolute atomic E-state index is 4.34. The Balaban J connectivity index is 1.56. The Morgan fingerprint density at radius 3 is 2.76 bits per heavy atom. The Bertz CT molecular complexity index is 528. The van der Waals surface area contributed by atoms with Crippen LogP contribution in [0.5, 0.6) is 0 Å². The van der Waals surface area contributed by atoms with E-state index in [0.717, 1.165) is 45.1 Å². The third-order valence-corrected chi connectivity index (χ3v) is 3.83. The van der Waals surface area contributed by atoms with Crippen LogP contribution in [0.2, 0.25) is 0 Å². The van der Waals surface area contributed by atoms with Gasteiger partial charge in [-0.1, -0.05) is 0 Å². The van der Waals surface area contributed by atoms with Gasteiger partial charge in [0.1, 0.15) is 12.7 Å². The summed E-state index contributed by atoms with van der Waals surface area (Å²) in [7, 11) is 0. The van der Waals surface area contributed by atoms with Crippen molar-refractivity contribution in [1.29, 1.82) is 0 Å².